The van der Waals surface area contributed by atoms with Gasteiger partial charge < -0.3 is 15.6 Å². The Bertz CT molecular complexity index is 580. The second-order valence-electron chi connectivity index (χ2n) is 8.61. The van der Waals surface area contributed by atoms with E-state index in [4.69, 9.17) is 10.5 Å². The summed E-state index contributed by atoms with van der Waals surface area (Å²) in [5, 5.41) is 10.9. The van der Waals surface area contributed by atoms with Gasteiger partial charge in [0.15, 0.2) is 0 Å². The summed E-state index contributed by atoms with van der Waals surface area (Å²) in [5.41, 5.74) is 6.42. The molecule has 1 aliphatic heterocycles. The van der Waals surface area contributed by atoms with Gasteiger partial charge in [-0.15, -0.1) is 0 Å². The molecule has 1 aromatic carbocycles. The number of amides is 1. The molecule has 140 valence electrons. The van der Waals surface area contributed by atoms with E-state index in [-0.39, 0.29) is 17.7 Å². The van der Waals surface area contributed by atoms with Gasteiger partial charge >= 0.3 is 6.09 Å². The Morgan fingerprint density at radius 1 is 1.36 bits per heavy atom. The fraction of sp³-hybridized carbons (Fsp3) is 0.650. The number of carbonyl (C=O) groups excluding carboxylic acids is 1. The lowest BCUT2D eigenvalue weighted by atomic mass is 9.96. The van der Waals surface area contributed by atoms with Gasteiger partial charge in [-0.25, -0.2) is 4.79 Å². The molecule has 1 aromatic rings. The molecule has 0 saturated carbocycles. The van der Waals surface area contributed by atoms with Gasteiger partial charge in [0.05, 0.1) is 12.1 Å². The molecule has 3 atom stereocenters. The maximum absolute atomic E-state index is 12.7. The maximum atomic E-state index is 12.7. The third-order valence-electron chi connectivity index (χ3n) is 4.77. The van der Waals surface area contributed by atoms with E-state index in [1.165, 1.54) is 0 Å². The number of hydrogen-bond acceptors (Lipinski definition) is 4. The summed E-state index contributed by atoms with van der Waals surface area (Å²) in [6, 6.07) is 9.10. The van der Waals surface area contributed by atoms with E-state index >= 15 is 0 Å². The van der Waals surface area contributed by atoms with Crippen molar-refractivity contribution in [2.45, 2.75) is 83.2 Å². The summed E-state index contributed by atoms with van der Waals surface area (Å²) in [4.78, 5) is 14.4. The average Bonchev–Trinajstić information content (AvgIpc) is 2.81. The highest BCUT2D eigenvalue weighted by Crippen LogP contribution is 2.37. The fourth-order valence-electron chi connectivity index (χ4n) is 3.51. The predicted octanol–water partition coefficient (Wildman–Crippen LogP) is 3.10. The average molecular weight is 348 g/mol. The molecule has 1 fully saturated rings. The van der Waals surface area contributed by atoms with Crippen LogP contribution in [0.15, 0.2) is 30.3 Å². The number of aliphatic hydroxyl groups excluding tert-OH is 1. The molecule has 1 unspecified atom stereocenters. The highest BCUT2D eigenvalue weighted by Gasteiger charge is 2.48. The van der Waals surface area contributed by atoms with Crippen molar-refractivity contribution in [2.24, 2.45) is 5.73 Å². The van der Waals surface area contributed by atoms with Crippen molar-refractivity contribution in [3.8, 4) is 0 Å². The summed E-state index contributed by atoms with van der Waals surface area (Å²) in [6.45, 7) is 9.56. The summed E-state index contributed by atoms with van der Waals surface area (Å²) in [6.07, 6.45) is 0.920. The minimum Gasteiger partial charge on any atom is -0.444 e. The van der Waals surface area contributed by atoms with Crippen LogP contribution in [0.2, 0.25) is 0 Å². The first kappa shape index (κ1) is 19.7. The molecule has 0 radical (unpaired) electrons. The number of nitrogens with two attached hydrogens (primary N) is 1. The van der Waals surface area contributed by atoms with Gasteiger partial charge in [-0.3, -0.25) is 4.90 Å². The quantitative estimate of drug-likeness (QED) is 0.877. The zero-order valence-corrected chi connectivity index (χ0v) is 16.0. The van der Waals surface area contributed by atoms with Crippen LogP contribution in [0.3, 0.4) is 0 Å². The van der Waals surface area contributed by atoms with Crippen molar-refractivity contribution in [1.29, 1.82) is 0 Å². The Morgan fingerprint density at radius 3 is 2.52 bits per heavy atom. The summed E-state index contributed by atoms with van der Waals surface area (Å²) >= 11 is 0. The Hall–Kier alpha value is -1.59. The number of aliphatic hydroxyl groups is 1. The van der Waals surface area contributed by atoms with Crippen molar-refractivity contribution in [2.75, 3.05) is 0 Å². The fourth-order valence-corrected chi connectivity index (χ4v) is 3.51. The number of benzene rings is 1. The molecule has 0 spiro atoms. The van der Waals surface area contributed by atoms with Gasteiger partial charge in [0.2, 0.25) is 0 Å². The van der Waals surface area contributed by atoms with Crippen LogP contribution < -0.4 is 5.73 Å². The largest absolute Gasteiger partial charge is 0.444 e. The molecular formula is C20H32N2O3. The van der Waals surface area contributed by atoms with Gasteiger partial charge in [0.25, 0.3) is 0 Å². The van der Waals surface area contributed by atoms with Crippen LogP contribution in [0.1, 0.15) is 53.0 Å². The van der Waals surface area contributed by atoms with Crippen LogP contribution >= 0.6 is 0 Å². The molecular weight excluding hydrogens is 316 g/mol. The van der Waals surface area contributed by atoms with E-state index < -0.39 is 17.7 Å². The first-order chi connectivity index (χ1) is 11.5. The lowest BCUT2D eigenvalue weighted by Gasteiger charge is -2.39. The molecule has 1 heterocycles. The summed E-state index contributed by atoms with van der Waals surface area (Å²) < 4.78 is 5.57. The van der Waals surface area contributed by atoms with E-state index in [0.29, 0.717) is 6.42 Å². The minimum atomic E-state index is -0.797. The summed E-state index contributed by atoms with van der Waals surface area (Å²) in [7, 11) is 0. The highest BCUT2D eigenvalue weighted by molar-refractivity contribution is 5.70. The van der Waals surface area contributed by atoms with Crippen LogP contribution in [-0.2, 0) is 11.2 Å². The Morgan fingerprint density at radius 2 is 1.96 bits per heavy atom. The third kappa shape index (κ3) is 4.95. The van der Waals surface area contributed by atoms with Gasteiger partial charge in [-0.05, 0) is 59.4 Å². The first-order valence-corrected chi connectivity index (χ1v) is 9.01. The number of hydrogen-bond donors (Lipinski definition) is 2. The summed E-state index contributed by atoms with van der Waals surface area (Å²) in [5.74, 6) is 0. The van der Waals surface area contributed by atoms with Crippen molar-refractivity contribution in [3.63, 3.8) is 0 Å². The smallest absolute Gasteiger partial charge is 0.411 e. The van der Waals surface area contributed by atoms with E-state index in [2.05, 4.69) is 0 Å². The molecule has 25 heavy (non-hydrogen) atoms. The monoisotopic (exact) mass is 348 g/mol. The molecule has 2 rings (SSSR count). The minimum absolute atomic E-state index is 0.330. The SMILES string of the molecule is CC(C)(C)OC(=O)N1C([C@@H](O)[C@@H](N)Cc2ccccc2)CCC1(C)C. The lowest BCUT2D eigenvalue weighted by Crippen LogP contribution is -2.56. The predicted molar refractivity (Wildman–Crippen MR) is 99.3 cm³/mol. The van der Waals surface area contributed by atoms with E-state index in [1.54, 1.807) is 4.90 Å². The van der Waals surface area contributed by atoms with Gasteiger partial charge in [0.1, 0.15) is 5.60 Å². The van der Waals surface area contributed by atoms with Crippen molar-refractivity contribution in [3.05, 3.63) is 35.9 Å². The molecule has 0 bridgehead atoms. The normalized spacial score (nSPS) is 22.5. The van der Waals surface area contributed by atoms with E-state index in [0.717, 1.165) is 18.4 Å². The van der Waals surface area contributed by atoms with Crippen LogP contribution in [0.5, 0.6) is 0 Å². The first-order valence-electron chi connectivity index (χ1n) is 9.01. The van der Waals surface area contributed by atoms with Gasteiger partial charge in [-0.1, -0.05) is 30.3 Å². The maximum Gasteiger partial charge on any atom is 0.411 e. The van der Waals surface area contributed by atoms with Crippen LogP contribution in [0.25, 0.3) is 0 Å². The van der Waals surface area contributed by atoms with Crippen LogP contribution in [-0.4, -0.2) is 45.4 Å². The second-order valence-corrected chi connectivity index (χ2v) is 8.61. The topological polar surface area (TPSA) is 75.8 Å². The molecule has 0 aromatic heterocycles. The van der Waals surface area contributed by atoms with E-state index in [1.807, 2.05) is 65.0 Å². The lowest BCUT2D eigenvalue weighted by molar-refractivity contribution is -0.0204. The van der Waals surface area contributed by atoms with Crippen LogP contribution in [0.4, 0.5) is 4.79 Å². The van der Waals surface area contributed by atoms with E-state index in [9.17, 15) is 9.90 Å². The number of ether oxygens (including phenoxy) is 1. The number of nitrogens with zero attached hydrogens (tertiary/aromatic N) is 1. The molecule has 5 heteroatoms. The molecule has 5 nitrogen and oxygen atoms in total. The Kier molecular flexibility index (Phi) is 5.79. The third-order valence-corrected chi connectivity index (χ3v) is 4.77. The van der Waals surface area contributed by atoms with Crippen molar-refractivity contribution in [1.82, 2.24) is 4.90 Å². The second kappa shape index (κ2) is 7.34. The Labute approximate surface area is 151 Å². The molecule has 1 amide bonds. The van der Waals surface area contributed by atoms with Crippen LogP contribution in [0, 0.1) is 0 Å². The standard InChI is InChI=1S/C20H32N2O3/c1-19(2,3)25-18(24)22-16(11-12-20(22,4)5)17(23)15(21)13-14-9-7-6-8-10-14/h6-10,15-17,23H,11-13,21H2,1-5H3/t15-,16?,17-/m0/s1. The number of carbonyl (C=O) groups is 1. The number of likely N-dealkylation sites (tertiary alicyclic amines) is 1. The molecule has 1 saturated heterocycles. The molecule has 1 aliphatic rings. The Balaban J connectivity index is 2.13. The zero-order valence-electron chi connectivity index (χ0n) is 16.0. The van der Waals surface area contributed by atoms with Gasteiger partial charge in [0, 0.05) is 11.6 Å². The number of rotatable bonds is 4. The zero-order chi connectivity index (χ0) is 18.8. The van der Waals surface area contributed by atoms with Gasteiger partial charge in [-0.2, -0.15) is 0 Å². The van der Waals surface area contributed by atoms with Crippen molar-refractivity contribution < 1.29 is 14.6 Å². The highest BCUT2D eigenvalue weighted by atomic mass is 16.6. The molecule has 0 aliphatic carbocycles. The van der Waals surface area contributed by atoms with Crippen molar-refractivity contribution >= 4 is 6.09 Å². The molecule has 3 N–H and O–H groups in total.